The third-order valence-corrected chi connectivity index (χ3v) is 7.83. The Labute approximate surface area is 188 Å². The van der Waals surface area contributed by atoms with Crippen molar-refractivity contribution in [3.05, 3.63) is 84.4 Å². The van der Waals surface area contributed by atoms with Gasteiger partial charge >= 0.3 is 0 Å². The summed E-state index contributed by atoms with van der Waals surface area (Å²) in [7, 11) is -3.66. The van der Waals surface area contributed by atoms with E-state index in [1.54, 1.807) is 30.3 Å². The maximum atomic E-state index is 13.0. The van der Waals surface area contributed by atoms with Gasteiger partial charge in [-0.15, -0.1) is 0 Å². The molecule has 1 saturated heterocycles. The van der Waals surface area contributed by atoms with Gasteiger partial charge in [0, 0.05) is 43.8 Å². The summed E-state index contributed by atoms with van der Waals surface area (Å²) in [5.74, 6) is 0. The van der Waals surface area contributed by atoms with Gasteiger partial charge in [-0.3, -0.25) is 10.00 Å². The zero-order valence-corrected chi connectivity index (χ0v) is 18.6. The number of nitrogens with zero attached hydrogens (tertiary/aromatic N) is 3. The maximum absolute atomic E-state index is 13.0. The van der Waals surface area contributed by atoms with Gasteiger partial charge in [0.05, 0.1) is 10.4 Å². The number of anilines is 1. The number of hydrogen-bond acceptors (Lipinski definition) is 5. The molecule has 1 fully saturated rings. The molecule has 0 radical (unpaired) electrons. The number of hydrogen-bond donors (Lipinski definition) is 1. The minimum atomic E-state index is -3.66. The highest BCUT2D eigenvalue weighted by Gasteiger charge is 2.24. The molecule has 0 aliphatic carbocycles. The van der Waals surface area contributed by atoms with Crippen LogP contribution in [0.2, 0.25) is 0 Å². The lowest BCUT2D eigenvalue weighted by Gasteiger charge is -2.36. The molecule has 1 N–H and O–H groups in total. The fraction of sp³-hybridized carbons (Fsp3) is 0.240. The lowest BCUT2D eigenvalue weighted by molar-refractivity contribution is 0.261. The Balaban J connectivity index is 1.27. The van der Waals surface area contributed by atoms with Crippen molar-refractivity contribution in [2.45, 2.75) is 16.3 Å². The van der Waals surface area contributed by atoms with Crippen molar-refractivity contribution in [1.29, 1.82) is 0 Å². The maximum Gasteiger partial charge on any atom is 0.226 e. The quantitative estimate of drug-likeness (QED) is 0.488. The Kier molecular flexibility index (Phi) is 5.68. The molecule has 0 spiro atoms. The average Bonchev–Trinajstić information content (AvgIpc) is 3.28. The molecule has 5 rings (SSSR count). The van der Waals surface area contributed by atoms with E-state index >= 15 is 0 Å². The molecule has 1 aliphatic heterocycles. The fourth-order valence-corrected chi connectivity index (χ4v) is 5.63. The Morgan fingerprint density at radius 1 is 0.844 bits per heavy atom. The average molecular weight is 447 g/mol. The highest BCUT2D eigenvalue weighted by atomic mass is 32.2. The van der Waals surface area contributed by atoms with Crippen LogP contribution >= 0.6 is 0 Å². The van der Waals surface area contributed by atoms with E-state index < -0.39 is 9.84 Å². The first kappa shape index (κ1) is 20.7. The number of H-pyrrole nitrogens is 1. The highest BCUT2D eigenvalue weighted by molar-refractivity contribution is 7.91. The van der Waals surface area contributed by atoms with Crippen molar-refractivity contribution in [1.82, 2.24) is 15.1 Å². The van der Waals surface area contributed by atoms with Gasteiger partial charge in [0.2, 0.25) is 9.84 Å². The van der Waals surface area contributed by atoms with Crippen LogP contribution in [0.15, 0.2) is 88.8 Å². The predicted molar refractivity (Wildman–Crippen MR) is 127 cm³/mol. The van der Waals surface area contributed by atoms with Gasteiger partial charge in [-0.05, 0) is 42.3 Å². The Morgan fingerprint density at radius 3 is 2.25 bits per heavy atom. The summed E-state index contributed by atoms with van der Waals surface area (Å²) in [5, 5.41) is 7.78. The lowest BCUT2D eigenvalue weighted by Crippen LogP contribution is -2.47. The molecule has 2 heterocycles. The first-order valence-electron chi connectivity index (χ1n) is 10.9. The summed E-state index contributed by atoms with van der Waals surface area (Å²) in [5.41, 5.74) is 3.21. The van der Waals surface area contributed by atoms with Crippen LogP contribution in [0.25, 0.3) is 10.9 Å². The first-order valence-corrected chi connectivity index (χ1v) is 12.4. The first-order chi connectivity index (χ1) is 15.6. The normalized spacial score (nSPS) is 15.3. The standard InChI is InChI=1S/C25H26N4O2S/c30-32(31,22-9-5-2-6-10-22)25-23-12-11-21(19-24(23)26-27-25)29-17-15-28(16-18-29)14-13-20-7-3-1-4-8-20/h1-12,19H,13-18H2,(H,26,27). The SMILES string of the molecule is O=S(=O)(c1ccccc1)c1n[nH]c2cc(N3CCN(CCc4ccccc4)CC3)ccc12. The molecule has 6 nitrogen and oxygen atoms in total. The molecule has 32 heavy (non-hydrogen) atoms. The van der Waals surface area contributed by atoms with Crippen molar-refractivity contribution < 1.29 is 8.42 Å². The lowest BCUT2D eigenvalue weighted by atomic mass is 10.1. The number of aromatic amines is 1. The molecule has 4 aromatic rings. The van der Waals surface area contributed by atoms with Crippen LogP contribution in [0.1, 0.15) is 5.56 Å². The summed E-state index contributed by atoms with van der Waals surface area (Å²) < 4.78 is 26.0. The van der Waals surface area contributed by atoms with Gasteiger partial charge in [0.15, 0.2) is 5.03 Å². The smallest absolute Gasteiger partial charge is 0.226 e. The van der Waals surface area contributed by atoms with E-state index in [1.165, 1.54) is 5.56 Å². The number of aromatic nitrogens is 2. The molecule has 0 atom stereocenters. The van der Waals surface area contributed by atoms with Gasteiger partial charge in [-0.1, -0.05) is 48.5 Å². The predicted octanol–water partition coefficient (Wildman–Crippen LogP) is 3.76. The molecule has 0 amide bonds. The molecule has 164 valence electrons. The van der Waals surface area contributed by atoms with E-state index in [0.29, 0.717) is 5.39 Å². The summed E-state index contributed by atoms with van der Waals surface area (Å²) >= 11 is 0. The number of piperazine rings is 1. The van der Waals surface area contributed by atoms with Crippen LogP contribution < -0.4 is 4.90 Å². The van der Waals surface area contributed by atoms with Crippen LogP contribution in [0.3, 0.4) is 0 Å². The van der Waals surface area contributed by atoms with E-state index in [9.17, 15) is 8.42 Å². The summed E-state index contributed by atoms with van der Waals surface area (Å²) in [6.45, 7) is 4.99. The largest absolute Gasteiger partial charge is 0.369 e. The number of rotatable bonds is 6. The van der Waals surface area contributed by atoms with Gasteiger partial charge in [0.25, 0.3) is 0 Å². The van der Waals surface area contributed by atoms with E-state index in [0.717, 1.165) is 50.3 Å². The van der Waals surface area contributed by atoms with Gasteiger partial charge < -0.3 is 4.90 Å². The third-order valence-electron chi connectivity index (χ3n) is 6.12. The fourth-order valence-electron chi connectivity index (χ4n) is 4.26. The molecule has 1 aliphatic rings. The summed E-state index contributed by atoms with van der Waals surface area (Å²) in [6, 6.07) is 24.9. The molecule has 1 aromatic heterocycles. The van der Waals surface area contributed by atoms with Crippen LogP contribution in [0, 0.1) is 0 Å². The van der Waals surface area contributed by atoms with Crippen molar-refractivity contribution >= 4 is 26.4 Å². The third kappa shape index (κ3) is 4.13. The second kappa shape index (κ2) is 8.76. The van der Waals surface area contributed by atoms with Crippen LogP contribution in [0.5, 0.6) is 0 Å². The second-order valence-electron chi connectivity index (χ2n) is 8.14. The highest BCUT2D eigenvalue weighted by Crippen LogP contribution is 2.29. The van der Waals surface area contributed by atoms with Crippen molar-refractivity contribution in [2.24, 2.45) is 0 Å². The Bertz CT molecular complexity index is 1300. The minimum absolute atomic E-state index is 0.0796. The van der Waals surface area contributed by atoms with Gasteiger partial charge in [-0.2, -0.15) is 5.10 Å². The molecular weight excluding hydrogens is 420 g/mol. The number of fused-ring (bicyclic) bond motifs is 1. The second-order valence-corrected chi connectivity index (χ2v) is 10.0. The topological polar surface area (TPSA) is 69.3 Å². The number of nitrogens with one attached hydrogen (secondary N) is 1. The summed E-state index contributed by atoms with van der Waals surface area (Å²) in [6.07, 6.45) is 1.07. The molecular formula is C25H26N4O2S. The molecule has 0 bridgehead atoms. The molecule has 3 aromatic carbocycles. The summed E-state index contributed by atoms with van der Waals surface area (Å²) in [4.78, 5) is 5.11. The van der Waals surface area contributed by atoms with E-state index in [-0.39, 0.29) is 9.92 Å². The van der Waals surface area contributed by atoms with E-state index in [4.69, 9.17) is 0 Å². The zero-order chi connectivity index (χ0) is 22.0. The minimum Gasteiger partial charge on any atom is -0.369 e. The molecule has 0 unspecified atom stereocenters. The van der Waals surface area contributed by atoms with Gasteiger partial charge in [0.1, 0.15) is 0 Å². The van der Waals surface area contributed by atoms with E-state index in [2.05, 4.69) is 50.3 Å². The van der Waals surface area contributed by atoms with Crippen LogP contribution in [-0.2, 0) is 16.3 Å². The van der Waals surface area contributed by atoms with Gasteiger partial charge in [-0.25, -0.2) is 8.42 Å². The van der Waals surface area contributed by atoms with Crippen molar-refractivity contribution in [3.63, 3.8) is 0 Å². The van der Waals surface area contributed by atoms with E-state index in [1.807, 2.05) is 18.2 Å². The molecule has 0 saturated carbocycles. The molecule has 7 heteroatoms. The monoisotopic (exact) mass is 446 g/mol. The Morgan fingerprint density at radius 2 is 1.53 bits per heavy atom. The Hall–Kier alpha value is -3.16. The van der Waals surface area contributed by atoms with Crippen molar-refractivity contribution in [2.75, 3.05) is 37.6 Å². The van der Waals surface area contributed by atoms with Crippen LogP contribution in [-0.4, -0.2) is 56.2 Å². The van der Waals surface area contributed by atoms with Crippen LogP contribution in [0.4, 0.5) is 5.69 Å². The number of sulfone groups is 1. The number of benzene rings is 3. The zero-order valence-electron chi connectivity index (χ0n) is 17.8. The van der Waals surface area contributed by atoms with Crippen molar-refractivity contribution in [3.8, 4) is 0 Å².